The van der Waals surface area contributed by atoms with Crippen LogP contribution in [0.1, 0.15) is 48.5 Å². The first-order valence-electron chi connectivity index (χ1n) is 12.0. The summed E-state index contributed by atoms with van der Waals surface area (Å²) in [5, 5.41) is 9.17. The summed E-state index contributed by atoms with van der Waals surface area (Å²) in [6.45, 7) is 2.11. The van der Waals surface area contributed by atoms with Gasteiger partial charge in [0.25, 0.3) is 5.91 Å². The topological polar surface area (TPSA) is 126 Å². The Bertz CT molecular complexity index is 1310. The number of benzene rings is 2. The third-order valence-corrected chi connectivity index (χ3v) is 7.38. The normalized spacial score (nSPS) is 18.0. The van der Waals surface area contributed by atoms with Crippen LogP contribution in [-0.4, -0.2) is 51.3 Å². The van der Waals surface area contributed by atoms with E-state index in [0.29, 0.717) is 31.2 Å². The molecule has 1 fully saturated rings. The van der Waals surface area contributed by atoms with E-state index in [9.17, 15) is 26.8 Å². The molecular formula is C25H29ClF2N4O5S. The molecule has 0 radical (unpaired) electrons. The molecule has 2 aromatic rings. The van der Waals surface area contributed by atoms with E-state index < -0.39 is 38.4 Å². The van der Waals surface area contributed by atoms with Gasteiger partial charge in [-0.3, -0.25) is 4.79 Å². The Morgan fingerprint density at radius 2 is 1.71 bits per heavy atom. The number of carbonyl (C=O) groups is 2. The summed E-state index contributed by atoms with van der Waals surface area (Å²) < 4.78 is 56.1. The number of hydrogen-bond acceptors (Lipinski definition) is 5. The van der Waals surface area contributed by atoms with E-state index in [4.69, 9.17) is 16.3 Å². The molecule has 0 aliphatic heterocycles. The van der Waals surface area contributed by atoms with E-state index in [-0.39, 0.29) is 41.8 Å². The third-order valence-electron chi connectivity index (χ3n) is 5.92. The molecule has 9 nitrogen and oxygen atoms in total. The molecule has 13 heteroatoms. The number of nitrogens with one attached hydrogen (secondary N) is 3. The highest BCUT2D eigenvalue weighted by molar-refractivity contribution is 7.90. The lowest BCUT2D eigenvalue weighted by atomic mass is 9.91. The average Bonchev–Trinajstić information content (AvgIpc) is 2.84. The summed E-state index contributed by atoms with van der Waals surface area (Å²) >= 11 is 6.12. The lowest BCUT2D eigenvalue weighted by Gasteiger charge is -2.30. The van der Waals surface area contributed by atoms with Crippen molar-refractivity contribution in [3.8, 4) is 0 Å². The van der Waals surface area contributed by atoms with Crippen molar-refractivity contribution < 1.29 is 31.5 Å². The molecule has 3 rings (SSSR count). The number of halogens is 3. The van der Waals surface area contributed by atoms with Gasteiger partial charge in [0.15, 0.2) is 15.8 Å². The predicted octanol–water partition coefficient (Wildman–Crippen LogP) is 3.95. The summed E-state index contributed by atoms with van der Waals surface area (Å²) in [6.07, 6.45) is 3.00. The van der Waals surface area contributed by atoms with Crippen LogP contribution in [-0.2, 0) is 21.1 Å². The molecule has 3 N–H and O–H groups in total. The number of hydrogen-bond donors (Lipinski definition) is 3. The van der Waals surface area contributed by atoms with E-state index in [0.717, 1.165) is 30.5 Å². The monoisotopic (exact) mass is 570 g/mol. The molecule has 1 aliphatic rings. The van der Waals surface area contributed by atoms with E-state index in [1.54, 1.807) is 6.92 Å². The Kier molecular flexibility index (Phi) is 10.0. The number of amides is 2. The number of guanidine groups is 1. The van der Waals surface area contributed by atoms with Crippen LogP contribution in [0.2, 0.25) is 5.02 Å². The number of sulfone groups is 1. The summed E-state index contributed by atoms with van der Waals surface area (Å²) in [7, 11) is -3.90. The molecule has 0 atom stereocenters. The highest BCUT2D eigenvalue weighted by atomic mass is 35.5. The molecule has 1 saturated carbocycles. The molecule has 0 aromatic heterocycles. The van der Waals surface area contributed by atoms with Crippen molar-refractivity contribution in [3.05, 3.63) is 64.2 Å². The fourth-order valence-electron chi connectivity index (χ4n) is 3.97. The maximum atomic E-state index is 14.0. The van der Waals surface area contributed by atoms with Crippen LogP contribution in [0.5, 0.6) is 0 Å². The number of rotatable bonds is 7. The maximum absolute atomic E-state index is 14.0. The van der Waals surface area contributed by atoms with Gasteiger partial charge in [-0.1, -0.05) is 17.7 Å². The van der Waals surface area contributed by atoms with Crippen LogP contribution >= 0.6 is 11.6 Å². The lowest BCUT2D eigenvalue weighted by Crippen LogP contribution is -2.47. The summed E-state index contributed by atoms with van der Waals surface area (Å²) in [5.74, 6) is -2.18. The number of aliphatic imine (C=N–C) groups is 1. The molecule has 38 heavy (non-hydrogen) atoms. The van der Waals surface area contributed by atoms with Crippen LogP contribution in [0.3, 0.4) is 0 Å². The van der Waals surface area contributed by atoms with Crippen molar-refractivity contribution in [2.24, 2.45) is 4.99 Å². The second-order valence-electron chi connectivity index (χ2n) is 8.83. The van der Waals surface area contributed by atoms with Gasteiger partial charge in [-0.2, -0.15) is 4.99 Å². The minimum Gasteiger partial charge on any atom is -0.450 e. The SMILES string of the molecule is CCOC(=O)NC1CCC(N/C(=N\C(=O)c2ccc(F)c(S(C)(=O)=O)c2)NCc2ccc(F)cc2Cl)CC1. The molecular weight excluding hydrogens is 542 g/mol. The quantitative estimate of drug-likeness (QED) is 0.340. The Morgan fingerprint density at radius 1 is 1.05 bits per heavy atom. The maximum Gasteiger partial charge on any atom is 0.407 e. The number of alkyl carbamates (subject to hydrolysis) is 1. The van der Waals surface area contributed by atoms with Crippen LogP contribution in [0, 0.1) is 11.6 Å². The number of nitrogens with zero attached hydrogens (tertiary/aromatic N) is 1. The van der Waals surface area contributed by atoms with Crippen LogP contribution in [0.15, 0.2) is 46.3 Å². The van der Waals surface area contributed by atoms with E-state index in [1.807, 2.05) is 0 Å². The summed E-state index contributed by atoms with van der Waals surface area (Å²) in [5.41, 5.74) is 0.439. The smallest absolute Gasteiger partial charge is 0.407 e. The van der Waals surface area contributed by atoms with Gasteiger partial charge in [0.2, 0.25) is 0 Å². The molecule has 0 heterocycles. The van der Waals surface area contributed by atoms with Crippen molar-refractivity contribution in [1.29, 1.82) is 0 Å². The molecule has 0 spiro atoms. The van der Waals surface area contributed by atoms with Crippen molar-refractivity contribution >= 4 is 39.4 Å². The standard InChI is InChI=1S/C25H29ClF2N4O5S/c1-3-37-25(34)31-19-9-7-18(8-10-19)30-24(29-14-16-4-6-17(27)13-20(16)26)32-23(33)15-5-11-21(28)22(12-15)38(2,35)36/h4-6,11-13,18-19H,3,7-10,14H2,1-2H3,(H,31,34)(H2,29,30,32,33). The first-order valence-corrected chi connectivity index (χ1v) is 14.2. The first kappa shape index (κ1) is 29.3. The van der Waals surface area contributed by atoms with Crippen LogP contribution in [0.25, 0.3) is 0 Å². The highest BCUT2D eigenvalue weighted by Gasteiger charge is 2.24. The van der Waals surface area contributed by atoms with Gasteiger partial charge in [-0.15, -0.1) is 0 Å². The van der Waals surface area contributed by atoms with Crippen molar-refractivity contribution in [2.75, 3.05) is 12.9 Å². The molecule has 0 unspecified atom stereocenters. The molecule has 1 aliphatic carbocycles. The van der Waals surface area contributed by atoms with Gasteiger partial charge in [-0.25, -0.2) is 22.0 Å². The van der Waals surface area contributed by atoms with E-state index >= 15 is 0 Å². The Balaban J connectivity index is 1.77. The number of ether oxygens (including phenoxy) is 1. The van der Waals surface area contributed by atoms with E-state index in [1.165, 1.54) is 12.1 Å². The molecule has 0 saturated heterocycles. The minimum absolute atomic E-state index is 0.0475. The lowest BCUT2D eigenvalue weighted by molar-refractivity contribution is 0.100. The predicted molar refractivity (Wildman–Crippen MR) is 139 cm³/mol. The van der Waals surface area contributed by atoms with Gasteiger partial charge in [0.1, 0.15) is 16.5 Å². The van der Waals surface area contributed by atoms with Gasteiger partial charge >= 0.3 is 6.09 Å². The molecule has 0 bridgehead atoms. The number of carbonyl (C=O) groups excluding carboxylic acids is 2. The largest absolute Gasteiger partial charge is 0.450 e. The third kappa shape index (κ3) is 8.38. The van der Waals surface area contributed by atoms with Crippen molar-refractivity contribution in [1.82, 2.24) is 16.0 Å². The van der Waals surface area contributed by atoms with Gasteiger partial charge < -0.3 is 20.7 Å². The highest BCUT2D eigenvalue weighted by Crippen LogP contribution is 2.20. The second-order valence-corrected chi connectivity index (χ2v) is 11.2. The van der Waals surface area contributed by atoms with Crippen molar-refractivity contribution in [3.63, 3.8) is 0 Å². The van der Waals surface area contributed by atoms with Crippen molar-refractivity contribution in [2.45, 2.75) is 56.1 Å². The van der Waals surface area contributed by atoms with Gasteiger partial charge in [0, 0.05) is 35.5 Å². The van der Waals surface area contributed by atoms with E-state index in [2.05, 4.69) is 20.9 Å². The molecule has 2 aromatic carbocycles. The first-order chi connectivity index (χ1) is 18.0. The van der Waals surface area contributed by atoms with Gasteiger partial charge in [-0.05, 0) is 68.5 Å². The minimum atomic E-state index is -3.90. The zero-order chi connectivity index (χ0) is 27.9. The zero-order valence-electron chi connectivity index (χ0n) is 20.9. The average molecular weight is 571 g/mol. The summed E-state index contributed by atoms with van der Waals surface area (Å²) in [6, 6.07) is 6.75. The molecule has 2 amide bonds. The Labute approximate surface area is 224 Å². The Hall–Kier alpha value is -3.25. The zero-order valence-corrected chi connectivity index (χ0v) is 22.5. The fourth-order valence-corrected chi connectivity index (χ4v) is 4.97. The van der Waals surface area contributed by atoms with Crippen LogP contribution in [0.4, 0.5) is 13.6 Å². The summed E-state index contributed by atoms with van der Waals surface area (Å²) in [4.78, 5) is 28.1. The van der Waals surface area contributed by atoms with Gasteiger partial charge in [0.05, 0.1) is 6.61 Å². The molecule has 206 valence electrons. The fraction of sp³-hybridized carbons (Fsp3) is 0.400. The Morgan fingerprint density at radius 3 is 2.32 bits per heavy atom. The van der Waals surface area contributed by atoms with Crippen LogP contribution < -0.4 is 16.0 Å². The second kappa shape index (κ2) is 13.0.